The number of hydrogen-bond acceptors (Lipinski definition) is 1. The van der Waals surface area contributed by atoms with Gasteiger partial charge in [-0.15, -0.1) is 11.6 Å². The summed E-state index contributed by atoms with van der Waals surface area (Å²) in [5.41, 5.74) is 1.18. The molecule has 0 aliphatic carbocycles. The van der Waals surface area contributed by atoms with Crippen LogP contribution >= 0.6 is 27.5 Å². The summed E-state index contributed by atoms with van der Waals surface area (Å²) in [6.45, 7) is 12.2. The largest absolute Gasteiger partial charge is 0.417 e. The molecule has 0 aromatic heterocycles. The quantitative estimate of drug-likeness (QED) is 0.311. The standard InChI is InChI=1S/C16H26BrClOSi/c1-16(2,3)20(4,5)19-12-6-7-15(18)13-8-10-14(17)11-9-13/h8-11,15H,6-7,12H2,1-5H3. The highest BCUT2D eigenvalue weighted by Crippen LogP contribution is 2.36. The third-order valence-electron chi connectivity index (χ3n) is 4.10. The van der Waals surface area contributed by atoms with Gasteiger partial charge in [0, 0.05) is 11.1 Å². The van der Waals surface area contributed by atoms with Gasteiger partial charge in [0.05, 0.1) is 5.38 Å². The highest BCUT2D eigenvalue weighted by Gasteiger charge is 2.36. The fraction of sp³-hybridized carbons (Fsp3) is 0.625. The van der Waals surface area contributed by atoms with E-state index in [1.54, 1.807) is 0 Å². The fourth-order valence-electron chi connectivity index (χ4n) is 1.64. The molecular formula is C16H26BrClOSi. The summed E-state index contributed by atoms with van der Waals surface area (Å²) < 4.78 is 7.26. The highest BCUT2D eigenvalue weighted by molar-refractivity contribution is 9.10. The van der Waals surface area contributed by atoms with Crippen LogP contribution in [0.2, 0.25) is 18.1 Å². The van der Waals surface area contributed by atoms with Gasteiger partial charge >= 0.3 is 0 Å². The maximum absolute atomic E-state index is 6.44. The van der Waals surface area contributed by atoms with Gasteiger partial charge in [0.25, 0.3) is 0 Å². The van der Waals surface area contributed by atoms with Crippen molar-refractivity contribution in [3.05, 3.63) is 34.3 Å². The first-order valence-corrected chi connectivity index (χ1v) is 11.3. The van der Waals surface area contributed by atoms with Crippen molar-refractivity contribution < 1.29 is 4.43 Å². The molecule has 0 amide bonds. The topological polar surface area (TPSA) is 9.23 Å². The van der Waals surface area contributed by atoms with Crippen molar-refractivity contribution in [3.63, 3.8) is 0 Å². The minimum atomic E-state index is -1.61. The fourth-order valence-corrected chi connectivity index (χ4v) is 3.30. The van der Waals surface area contributed by atoms with Gasteiger partial charge in [-0.3, -0.25) is 0 Å². The Morgan fingerprint density at radius 3 is 2.25 bits per heavy atom. The second-order valence-electron chi connectivity index (χ2n) is 6.77. The molecule has 0 radical (unpaired) electrons. The van der Waals surface area contributed by atoms with Crippen molar-refractivity contribution in [1.82, 2.24) is 0 Å². The lowest BCUT2D eigenvalue weighted by Crippen LogP contribution is -2.40. The highest BCUT2D eigenvalue weighted by atomic mass is 79.9. The van der Waals surface area contributed by atoms with Crippen molar-refractivity contribution in [1.29, 1.82) is 0 Å². The maximum Gasteiger partial charge on any atom is 0.191 e. The molecule has 1 unspecified atom stereocenters. The molecule has 1 rings (SSSR count). The van der Waals surface area contributed by atoms with Gasteiger partial charge < -0.3 is 4.43 Å². The molecule has 0 aliphatic rings. The zero-order chi connectivity index (χ0) is 15.4. The van der Waals surface area contributed by atoms with Crippen LogP contribution in [0.1, 0.15) is 44.6 Å². The molecule has 114 valence electrons. The van der Waals surface area contributed by atoms with E-state index in [1.165, 1.54) is 5.56 Å². The van der Waals surface area contributed by atoms with Crippen LogP contribution in [0.3, 0.4) is 0 Å². The van der Waals surface area contributed by atoms with E-state index in [9.17, 15) is 0 Å². The van der Waals surface area contributed by atoms with Gasteiger partial charge in [-0.25, -0.2) is 0 Å². The maximum atomic E-state index is 6.44. The summed E-state index contributed by atoms with van der Waals surface area (Å²) in [6, 6.07) is 8.24. The first-order valence-electron chi connectivity index (χ1n) is 7.17. The van der Waals surface area contributed by atoms with Crippen molar-refractivity contribution in [2.45, 2.75) is 57.1 Å². The Bertz CT molecular complexity index is 411. The molecule has 0 saturated heterocycles. The second kappa shape index (κ2) is 7.44. The van der Waals surface area contributed by atoms with Crippen LogP contribution < -0.4 is 0 Å². The van der Waals surface area contributed by atoms with Gasteiger partial charge in [-0.05, 0) is 48.7 Å². The van der Waals surface area contributed by atoms with Gasteiger partial charge in [0.2, 0.25) is 0 Å². The lowest BCUT2D eigenvalue weighted by Gasteiger charge is -2.36. The van der Waals surface area contributed by atoms with Crippen LogP contribution in [0, 0.1) is 0 Å². The molecule has 1 nitrogen and oxygen atoms in total. The van der Waals surface area contributed by atoms with Crippen LogP contribution in [-0.4, -0.2) is 14.9 Å². The van der Waals surface area contributed by atoms with Gasteiger partial charge in [-0.1, -0.05) is 48.8 Å². The van der Waals surface area contributed by atoms with E-state index in [4.69, 9.17) is 16.0 Å². The van der Waals surface area contributed by atoms with E-state index < -0.39 is 8.32 Å². The summed E-state index contributed by atoms with van der Waals surface area (Å²) in [6.07, 6.45) is 1.97. The minimum absolute atomic E-state index is 0.0751. The molecule has 1 aromatic rings. The van der Waals surface area contributed by atoms with Crippen LogP contribution in [0.25, 0.3) is 0 Å². The summed E-state index contributed by atoms with van der Waals surface area (Å²) in [5.74, 6) is 0. The summed E-state index contributed by atoms with van der Waals surface area (Å²) in [5, 5.41) is 0.352. The molecule has 0 spiro atoms. The number of alkyl halides is 1. The van der Waals surface area contributed by atoms with Crippen LogP contribution in [-0.2, 0) is 4.43 Å². The average molecular weight is 378 g/mol. The van der Waals surface area contributed by atoms with Crippen LogP contribution in [0.5, 0.6) is 0 Å². The Morgan fingerprint density at radius 2 is 1.75 bits per heavy atom. The zero-order valence-electron chi connectivity index (χ0n) is 13.2. The molecule has 1 atom stereocenters. The molecule has 0 fully saturated rings. The van der Waals surface area contributed by atoms with E-state index in [0.717, 1.165) is 23.9 Å². The molecule has 1 aromatic carbocycles. The smallest absolute Gasteiger partial charge is 0.191 e. The molecule has 0 saturated carbocycles. The number of benzene rings is 1. The first kappa shape index (κ1) is 18.2. The third kappa shape index (κ3) is 5.51. The SMILES string of the molecule is CC(C)(C)[Si](C)(C)OCCCC(Cl)c1ccc(Br)cc1. The summed E-state index contributed by atoms with van der Waals surface area (Å²) >= 11 is 9.88. The molecule has 4 heteroatoms. The van der Waals surface area contributed by atoms with E-state index in [-0.39, 0.29) is 10.4 Å². The Morgan fingerprint density at radius 1 is 1.20 bits per heavy atom. The molecule has 0 bridgehead atoms. The summed E-state index contributed by atoms with van der Waals surface area (Å²) in [4.78, 5) is 0. The number of rotatable bonds is 6. The zero-order valence-corrected chi connectivity index (χ0v) is 16.5. The Balaban J connectivity index is 2.36. The van der Waals surface area contributed by atoms with Gasteiger partial charge in [-0.2, -0.15) is 0 Å². The molecular weight excluding hydrogens is 352 g/mol. The Kier molecular flexibility index (Phi) is 6.77. The molecule has 0 heterocycles. The lowest BCUT2D eigenvalue weighted by atomic mass is 10.1. The van der Waals surface area contributed by atoms with Crippen molar-refractivity contribution in [2.24, 2.45) is 0 Å². The van der Waals surface area contributed by atoms with Crippen molar-refractivity contribution in [2.75, 3.05) is 6.61 Å². The third-order valence-corrected chi connectivity index (χ3v) is 9.64. The van der Waals surface area contributed by atoms with Crippen LogP contribution in [0.4, 0.5) is 0 Å². The average Bonchev–Trinajstić information content (AvgIpc) is 2.34. The Hall–Kier alpha value is 0.167. The van der Waals surface area contributed by atoms with E-state index in [1.807, 2.05) is 12.1 Å². The predicted molar refractivity (Wildman–Crippen MR) is 95.1 cm³/mol. The predicted octanol–water partition coefficient (Wildman–Crippen LogP) is 6.53. The minimum Gasteiger partial charge on any atom is -0.417 e. The molecule has 0 aliphatic heterocycles. The normalized spacial score (nSPS) is 14.3. The Labute approximate surface area is 138 Å². The first-order chi connectivity index (χ1) is 9.13. The van der Waals surface area contributed by atoms with Gasteiger partial charge in [0.1, 0.15) is 0 Å². The summed E-state index contributed by atoms with van der Waals surface area (Å²) in [7, 11) is -1.61. The number of hydrogen-bond donors (Lipinski definition) is 0. The van der Waals surface area contributed by atoms with E-state index >= 15 is 0 Å². The van der Waals surface area contributed by atoms with Crippen LogP contribution in [0.15, 0.2) is 28.7 Å². The van der Waals surface area contributed by atoms with E-state index in [2.05, 4.69) is 61.9 Å². The second-order valence-corrected chi connectivity index (χ2v) is 13.0. The van der Waals surface area contributed by atoms with E-state index in [0.29, 0.717) is 0 Å². The van der Waals surface area contributed by atoms with Crippen molar-refractivity contribution >= 4 is 35.8 Å². The molecule has 0 N–H and O–H groups in total. The lowest BCUT2D eigenvalue weighted by molar-refractivity contribution is 0.278. The monoisotopic (exact) mass is 376 g/mol. The molecule has 20 heavy (non-hydrogen) atoms. The van der Waals surface area contributed by atoms with Gasteiger partial charge in [0.15, 0.2) is 8.32 Å². The number of halogens is 2. The van der Waals surface area contributed by atoms with Crippen molar-refractivity contribution in [3.8, 4) is 0 Å².